The smallest absolute Gasteiger partial charge is 0.147 e. The molecule has 0 bridgehead atoms. The van der Waals surface area contributed by atoms with Crippen LogP contribution in [0.4, 0.5) is 0 Å². The topological polar surface area (TPSA) is 34.9 Å². The molecule has 0 saturated heterocycles. The normalized spacial score (nSPS) is 10.6. The van der Waals surface area contributed by atoms with Gasteiger partial charge in [-0.2, -0.15) is 5.10 Å². The molecular weight excluding hydrogens is 268 g/mol. The van der Waals surface area contributed by atoms with E-state index in [1.54, 1.807) is 10.9 Å². The number of ketones is 1. The summed E-state index contributed by atoms with van der Waals surface area (Å²) in [5.41, 5.74) is 0.953. The number of aromatic nitrogens is 2. The van der Waals surface area contributed by atoms with Gasteiger partial charge in [0.1, 0.15) is 5.78 Å². The van der Waals surface area contributed by atoms with Gasteiger partial charge in [-0.05, 0) is 23.8 Å². The van der Waals surface area contributed by atoms with Crippen LogP contribution in [-0.2, 0) is 18.3 Å². The summed E-state index contributed by atoms with van der Waals surface area (Å²) in [5, 5.41) is 4.73. The maximum atomic E-state index is 11.8. The average molecular weight is 281 g/mol. The Balaban J connectivity index is 1.85. The van der Waals surface area contributed by atoms with Gasteiger partial charge in [-0.25, -0.2) is 0 Å². The zero-order chi connectivity index (χ0) is 13.0. The Kier molecular flexibility index (Phi) is 4.44. The molecule has 18 heavy (non-hydrogen) atoms. The first-order chi connectivity index (χ1) is 8.63. The molecule has 2 aromatic rings. The van der Waals surface area contributed by atoms with Crippen molar-refractivity contribution in [2.45, 2.75) is 11.3 Å². The first kappa shape index (κ1) is 13.2. The lowest BCUT2D eigenvalue weighted by molar-refractivity contribution is -0.116. The van der Waals surface area contributed by atoms with Gasteiger partial charge in [-0.1, -0.05) is 17.7 Å². The van der Waals surface area contributed by atoms with E-state index >= 15 is 0 Å². The quantitative estimate of drug-likeness (QED) is 0.790. The van der Waals surface area contributed by atoms with Crippen molar-refractivity contribution in [1.82, 2.24) is 9.78 Å². The Morgan fingerprint density at radius 1 is 1.50 bits per heavy atom. The van der Waals surface area contributed by atoms with Crippen molar-refractivity contribution in [1.29, 1.82) is 0 Å². The first-order valence-electron chi connectivity index (χ1n) is 5.51. The fourth-order valence-electron chi connectivity index (χ4n) is 1.56. The third kappa shape index (κ3) is 3.89. The number of Topliss-reactive ketones (excluding diaryl/α,β-unsaturated/α-hetero) is 1. The highest BCUT2D eigenvalue weighted by atomic mass is 35.5. The summed E-state index contributed by atoms with van der Waals surface area (Å²) in [7, 11) is 1.84. The lowest BCUT2D eigenvalue weighted by Crippen LogP contribution is -2.04. The SMILES string of the molecule is Cn1cc(CC(=O)CSc2cccc(Cl)c2)cn1. The zero-order valence-electron chi connectivity index (χ0n) is 9.97. The summed E-state index contributed by atoms with van der Waals surface area (Å²) in [6.07, 6.45) is 4.02. The van der Waals surface area contributed by atoms with Gasteiger partial charge in [0.05, 0.1) is 11.9 Å². The molecular formula is C13H13ClN2OS. The molecule has 3 nitrogen and oxygen atoms in total. The van der Waals surface area contributed by atoms with E-state index in [1.165, 1.54) is 11.8 Å². The molecule has 0 amide bonds. The number of rotatable bonds is 5. The molecule has 0 aliphatic carbocycles. The second-order valence-electron chi connectivity index (χ2n) is 3.98. The Labute approximate surface area is 115 Å². The van der Waals surface area contributed by atoms with Crippen LogP contribution in [0.3, 0.4) is 0 Å². The summed E-state index contributed by atoms with van der Waals surface area (Å²) in [6.45, 7) is 0. The number of benzene rings is 1. The van der Waals surface area contributed by atoms with Crippen molar-refractivity contribution in [3.8, 4) is 0 Å². The van der Waals surface area contributed by atoms with Crippen LogP contribution in [0.1, 0.15) is 5.56 Å². The van der Waals surface area contributed by atoms with E-state index in [2.05, 4.69) is 5.10 Å². The molecule has 0 aliphatic heterocycles. The van der Waals surface area contributed by atoms with E-state index in [0.29, 0.717) is 17.2 Å². The fourth-order valence-corrected chi connectivity index (χ4v) is 2.63. The molecule has 1 heterocycles. The van der Waals surface area contributed by atoms with Gasteiger partial charge in [0.15, 0.2) is 0 Å². The fraction of sp³-hybridized carbons (Fsp3) is 0.231. The van der Waals surface area contributed by atoms with Crippen LogP contribution in [0, 0.1) is 0 Å². The molecule has 1 aromatic carbocycles. The highest BCUT2D eigenvalue weighted by Crippen LogP contribution is 2.21. The number of halogens is 1. The highest BCUT2D eigenvalue weighted by molar-refractivity contribution is 8.00. The zero-order valence-corrected chi connectivity index (χ0v) is 11.5. The van der Waals surface area contributed by atoms with Crippen molar-refractivity contribution < 1.29 is 4.79 Å². The van der Waals surface area contributed by atoms with Crippen LogP contribution >= 0.6 is 23.4 Å². The summed E-state index contributed by atoms with van der Waals surface area (Å²) in [6, 6.07) is 7.52. The number of hydrogen-bond donors (Lipinski definition) is 0. The van der Waals surface area contributed by atoms with Gasteiger partial charge in [-0.15, -0.1) is 11.8 Å². The van der Waals surface area contributed by atoms with E-state index in [-0.39, 0.29) is 5.78 Å². The lowest BCUT2D eigenvalue weighted by Gasteiger charge is -2.01. The molecule has 0 unspecified atom stereocenters. The standard InChI is InChI=1S/C13H13ClN2OS/c1-16-8-10(7-15-16)5-12(17)9-18-13-4-2-3-11(14)6-13/h2-4,6-8H,5,9H2,1H3. The average Bonchev–Trinajstić information content (AvgIpc) is 2.72. The number of aryl methyl sites for hydroxylation is 1. The maximum absolute atomic E-state index is 11.8. The van der Waals surface area contributed by atoms with Gasteiger partial charge >= 0.3 is 0 Å². The summed E-state index contributed by atoms with van der Waals surface area (Å²) < 4.78 is 1.70. The van der Waals surface area contributed by atoms with Crippen molar-refractivity contribution in [3.63, 3.8) is 0 Å². The van der Waals surface area contributed by atoms with Crippen molar-refractivity contribution in [3.05, 3.63) is 47.2 Å². The molecule has 0 aliphatic rings. The second-order valence-corrected chi connectivity index (χ2v) is 5.47. The van der Waals surface area contributed by atoms with E-state index in [0.717, 1.165) is 10.5 Å². The van der Waals surface area contributed by atoms with Crippen LogP contribution in [0.5, 0.6) is 0 Å². The third-order valence-electron chi connectivity index (χ3n) is 2.36. The van der Waals surface area contributed by atoms with E-state index in [1.807, 2.05) is 37.5 Å². The minimum Gasteiger partial charge on any atom is -0.298 e. The Morgan fingerprint density at radius 3 is 3.00 bits per heavy atom. The number of nitrogens with zero attached hydrogens (tertiary/aromatic N) is 2. The van der Waals surface area contributed by atoms with Crippen LogP contribution in [0.25, 0.3) is 0 Å². The molecule has 5 heteroatoms. The highest BCUT2D eigenvalue weighted by Gasteiger charge is 2.06. The third-order valence-corrected chi connectivity index (χ3v) is 3.64. The Hall–Kier alpha value is -1.26. The van der Waals surface area contributed by atoms with Gasteiger partial charge < -0.3 is 0 Å². The Morgan fingerprint density at radius 2 is 2.33 bits per heavy atom. The molecule has 94 valence electrons. The molecule has 0 fully saturated rings. The summed E-state index contributed by atoms with van der Waals surface area (Å²) >= 11 is 7.39. The van der Waals surface area contributed by atoms with Crippen molar-refractivity contribution in [2.75, 3.05) is 5.75 Å². The van der Waals surface area contributed by atoms with Gasteiger partial charge in [-0.3, -0.25) is 9.48 Å². The number of carbonyl (C=O) groups excluding carboxylic acids is 1. The molecule has 2 rings (SSSR count). The molecule has 0 radical (unpaired) electrons. The molecule has 0 atom stereocenters. The maximum Gasteiger partial charge on any atom is 0.147 e. The predicted octanol–water partition coefficient (Wildman–Crippen LogP) is 2.98. The molecule has 1 aromatic heterocycles. The van der Waals surface area contributed by atoms with E-state index < -0.39 is 0 Å². The number of thioether (sulfide) groups is 1. The number of hydrogen-bond acceptors (Lipinski definition) is 3. The van der Waals surface area contributed by atoms with Crippen molar-refractivity contribution in [2.24, 2.45) is 7.05 Å². The van der Waals surface area contributed by atoms with Gasteiger partial charge in [0.25, 0.3) is 0 Å². The molecule has 0 N–H and O–H groups in total. The molecule has 0 saturated carbocycles. The monoisotopic (exact) mass is 280 g/mol. The van der Waals surface area contributed by atoms with Gasteiger partial charge in [0.2, 0.25) is 0 Å². The largest absolute Gasteiger partial charge is 0.298 e. The van der Waals surface area contributed by atoms with Crippen LogP contribution in [-0.4, -0.2) is 21.3 Å². The molecule has 0 spiro atoms. The predicted molar refractivity (Wildman–Crippen MR) is 74.1 cm³/mol. The second kappa shape index (κ2) is 6.07. The minimum absolute atomic E-state index is 0.188. The minimum atomic E-state index is 0.188. The van der Waals surface area contributed by atoms with Crippen LogP contribution in [0.15, 0.2) is 41.6 Å². The van der Waals surface area contributed by atoms with Crippen LogP contribution < -0.4 is 0 Å². The van der Waals surface area contributed by atoms with E-state index in [9.17, 15) is 4.79 Å². The van der Waals surface area contributed by atoms with Gasteiger partial charge in [0, 0.05) is 29.6 Å². The summed E-state index contributed by atoms with van der Waals surface area (Å²) in [5.74, 6) is 0.642. The lowest BCUT2D eigenvalue weighted by atomic mass is 10.2. The van der Waals surface area contributed by atoms with E-state index in [4.69, 9.17) is 11.6 Å². The number of carbonyl (C=O) groups is 1. The first-order valence-corrected chi connectivity index (χ1v) is 6.87. The Bertz CT molecular complexity index is 553. The summed E-state index contributed by atoms with van der Waals surface area (Å²) in [4.78, 5) is 12.8. The van der Waals surface area contributed by atoms with Crippen LogP contribution in [0.2, 0.25) is 5.02 Å². The van der Waals surface area contributed by atoms with Crippen molar-refractivity contribution >= 4 is 29.1 Å².